The van der Waals surface area contributed by atoms with E-state index in [-0.39, 0.29) is 0 Å². The Balaban J connectivity index is 1.65. The highest BCUT2D eigenvalue weighted by molar-refractivity contribution is 7.80. The monoisotopic (exact) mass is 293 g/mol. The Morgan fingerprint density at radius 2 is 2.32 bits per heavy atom. The molecule has 0 radical (unpaired) electrons. The van der Waals surface area contributed by atoms with Crippen LogP contribution in [0.4, 0.5) is 0 Å². The molecule has 3 rings (SSSR count). The fraction of sp³-hybridized carbons (Fsp3) is 0.385. The number of thiazole rings is 1. The Morgan fingerprint density at radius 3 is 3.05 bits per heavy atom. The first-order chi connectivity index (χ1) is 9.22. The molecule has 19 heavy (non-hydrogen) atoms. The van der Waals surface area contributed by atoms with Crippen LogP contribution in [-0.2, 0) is 11.3 Å². The lowest BCUT2D eigenvalue weighted by Gasteiger charge is -2.22. The van der Waals surface area contributed by atoms with Crippen LogP contribution in [0.15, 0.2) is 24.3 Å². The average molecular weight is 293 g/mol. The summed E-state index contributed by atoms with van der Waals surface area (Å²) in [6.45, 7) is 3.20. The average Bonchev–Trinajstić information content (AvgIpc) is 2.95. The van der Waals surface area contributed by atoms with E-state index in [1.165, 1.54) is 4.70 Å². The van der Waals surface area contributed by atoms with Gasteiger partial charge in [-0.3, -0.25) is 4.90 Å². The molecule has 1 fully saturated rings. The van der Waals surface area contributed by atoms with E-state index in [9.17, 15) is 0 Å². The number of hydrogen-bond donors (Lipinski definition) is 0. The number of aromatic nitrogens is 1. The summed E-state index contributed by atoms with van der Waals surface area (Å²) in [5, 5.41) is 1.74. The van der Waals surface area contributed by atoms with Crippen molar-refractivity contribution in [1.29, 1.82) is 0 Å². The van der Waals surface area contributed by atoms with Crippen molar-refractivity contribution < 1.29 is 4.74 Å². The summed E-state index contributed by atoms with van der Waals surface area (Å²) < 4.78 is 6.52. The summed E-state index contributed by atoms with van der Waals surface area (Å²) >= 11 is 6.89. The minimum Gasteiger partial charge on any atom is -0.469 e. The molecule has 0 bridgehead atoms. The zero-order valence-electron chi connectivity index (χ0n) is 10.7. The zero-order chi connectivity index (χ0) is 13.2. The number of ether oxygens (including phenoxy) is 1. The lowest BCUT2D eigenvalue weighted by molar-refractivity contribution is 0.228. The highest BCUT2D eigenvalue weighted by atomic mass is 32.1. The number of benzene rings is 1. The van der Waals surface area contributed by atoms with Crippen LogP contribution < -0.4 is 0 Å². The van der Waals surface area contributed by atoms with E-state index in [1.54, 1.807) is 11.3 Å². The first-order valence-corrected chi connectivity index (χ1v) is 7.39. The maximum Gasteiger partial charge on any atom is 0.260 e. The van der Waals surface area contributed by atoms with Crippen LogP contribution in [0.25, 0.3) is 10.2 Å². The van der Waals surface area contributed by atoms with Crippen LogP contribution in [0.3, 0.4) is 0 Å². The van der Waals surface area contributed by atoms with Gasteiger partial charge in [0.25, 0.3) is 5.17 Å². The van der Waals surface area contributed by atoms with Crippen molar-refractivity contribution in [2.75, 3.05) is 26.9 Å². The predicted octanol–water partition coefficient (Wildman–Crippen LogP) is 2.30. The lowest BCUT2D eigenvalue weighted by Crippen LogP contribution is -2.35. The third-order valence-corrected chi connectivity index (χ3v) is 4.40. The number of para-hydroxylation sites is 1. The highest BCUT2D eigenvalue weighted by Gasteiger charge is 2.19. The van der Waals surface area contributed by atoms with Crippen molar-refractivity contribution in [1.82, 2.24) is 14.8 Å². The molecule has 100 valence electrons. The van der Waals surface area contributed by atoms with Gasteiger partial charge in [0.05, 0.1) is 30.0 Å². The second-order valence-corrected chi connectivity index (χ2v) is 6.07. The Kier molecular flexibility index (Phi) is 3.63. The molecule has 4 nitrogen and oxygen atoms in total. The molecule has 0 atom stereocenters. The highest BCUT2D eigenvalue weighted by Crippen LogP contribution is 2.22. The van der Waals surface area contributed by atoms with Crippen LogP contribution in [0.5, 0.6) is 0 Å². The summed E-state index contributed by atoms with van der Waals surface area (Å²) in [6, 6.07) is 8.24. The Labute approximate surface area is 121 Å². The molecule has 1 aromatic heterocycles. The molecule has 0 unspecified atom stereocenters. The largest absolute Gasteiger partial charge is 0.469 e. The molecular weight excluding hydrogens is 278 g/mol. The molecule has 6 heteroatoms. The van der Waals surface area contributed by atoms with Gasteiger partial charge in [0.2, 0.25) is 0 Å². The van der Waals surface area contributed by atoms with Gasteiger partial charge in [0, 0.05) is 0 Å². The van der Waals surface area contributed by atoms with Gasteiger partial charge >= 0.3 is 0 Å². The van der Waals surface area contributed by atoms with Crippen LogP contribution in [0.2, 0.25) is 0 Å². The maximum absolute atomic E-state index is 5.28. The number of thiocarbonyl (C=S) groups is 1. The normalized spacial score (nSPS) is 15.5. The summed E-state index contributed by atoms with van der Waals surface area (Å²) in [5.41, 5.74) is 1.08. The van der Waals surface area contributed by atoms with E-state index < -0.39 is 0 Å². The van der Waals surface area contributed by atoms with Crippen molar-refractivity contribution in [3.05, 3.63) is 29.3 Å². The van der Waals surface area contributed by atoms with Gasteiger partial charge in [-0.2, -0.15) is 0 Å². The summed E-state index contributed by atoms with van der Waals surface area (Å²) in [6.07, 6.45) is 0. The van der Waals surface area contributed by atoms with Crippen molar-refractivity contribution in [2.45, 2.75) is 6.54 Å². The summed E-state index contributed by atoms with van der Waals surface area (Å²) in [7, 11) is 2.08. The topological polar surface area (TPSA) is 28.6 Å². The van der Waals surface area contributed by atoms with Crippen molar-refractivity contribution in [3.63, 3.8) is 0 Å². The van der Waals surface area contributed by atoms with Crippen molar-refractivity contribution in [2.24, 2.45) is 0 Å². The molecule has 2 aromatic rings. The van der Waals surface area contributed by atoms with E-state index >= 15 is 0 Å². The Hall–Kier alpha value is -1.24. The minimum atomic E-state index is 0.608. The van der Waals surface area contributed by atoms with E-state index in [2.05, 4.69) is 34.0 Å². The van der Waals surface area contributed by atoms with E-state index in [0.717, 1.165) is 30.3 Å². The Morgan fingerprint density at radius 1 is 1.47 bits per heavy atom. The van der Waals surface area contributed by atoms with Crippen molar-refractivity contribution >= 4 is 38.9 Å². The molecule has 0 N–H and O–H groups in total. The molecular formula is C13H15N3OS2. The standard InChI is InChI=1S/C13H15N3OS2/c1-15(9-16-6-7-17-13(16)18)8-12-14-10-4-2-3-5-11(10)19-12/h2-5H,6-9H2,1H3. The SMILES string of the molecule is CN(Cc1nc2ccccc2s1)CN1CCOC1=S. The van der Waals surface area contributed by atoms with Crippen LogP contribution in [0, 0.1) is 0 Å². The van der Waals surface area contributed by atoms with E-state index in [0.29, 0.717) is 11.8 Å². The van der Waals surface area contributed by atoms with Gasteiger partial charge in [-0.1, -0.05) is 12.1 Å². The lowest BCUT2D eigenvalue weighted by atomic mass is 10.3. The molecule has 1 aliphatic rings. The van der Waals surface area contributed by atoms with Gasteiger partial charge in [0.15, 0.2) is 0 Å². The smallest absolute Gasteiger partial charge is 0.260 e. The van der Waals surface area contributed by atoms with E-state index in [1.807, 2.05) is 12.1 Å². The molecule has 1 aliphatic heterocycles. The molecule has 2 heterocycles. The molecule has 0 saturated carbocycles. The van der Waals surface area contributed by atoms with Gasteiger partial charge in [-0.25, -0.2) is 4.98 Å². The quantitative estimate of drug-likeness (QED) is 0.807. The minimum absolute atomic E-state index is 0.608. The first kappa shape index (κ1) is 12.8. The van der Waals surface area contributed by atoms with Gasteiger partial charge < -0.3 is 9.64 Å². The number of nitrogens with zero attached hydrogens (tertiary/aromatic N) is 3. The van der Waals surface area contributed by atoms with Gasteiger partial charge in [0.1, 0.15) is 11.6 Å². The van der Waals surface area contributed by atoms with Crippen LogP contribution in [-0.4, -0.2) is 46.8 Å². The number of hydrogen-bond acceptors (Lipinski definition) is 5. The molecule has 0 spiro atoms. The second kappa shape index (κ2) is 5.40. The van der Waals surface area contributed by atoms with Crippen LogP contribution in [0.1, 0.15) is 5.01 Å². The fourth-order valence-corrected chi connectivity index (χ4v) is 3.39. The zero-order valence-corrected chi connectivity index (χ0v) is 12.3. The number of rotatable bonds is 4. The third-order valence-electron chi connectivity index (χ3n) is 3.00. The van der Waals surface area contributed by atoms with Crippen LogP contribution >= 0.6 is 23.6 Å². The predicted molar refractivity (Wildman–Crippen MR) is 81.2 cm³/mol. The van der Waals surface area contributed by atoms with Gasteiger partial charge in [-0.15, -0.1) is 11.3 Å². The molecule has 1 saturated heterocycles. The maximum atomic E-state index is 5.28. The molecule has 0 aliphatic carbocycles. The summed E-state index contributed by atoms with van der Waals surface area (Å²) in [5.74, 6) is 0. The fourth-order valence-electron chi connectivity index (χ4n) is 2.11. The summed E-state index contributed by atoms with van der Waals surface area (Å²) in [4.78, 5) is 8.92. The molecule has 0 amide bonds. The first-order valence-electron chi connectivity index (χ1n) is 6.17. The van der Waals surface area contributed by atoms with Gasteiger partial charge in [-0.05, 0) is 31.4 Å². The molecule has 1 aromatic carbocycles. The second-order valence-electron chi connectivity index (χ2n) is 4.61. The van der Waals surface area contributed by atoms with E-state index in [4.69, 9.17) is 17.0 Å². The third kappa shape index (κ3) is 2.86. The number of fused-ring (bicyclic) bond motifs is 1. The van der Waals surface area contributed by atoms with Crippen molar-refractivity contribution in [3.8, 4) is 0 Å². The Bertz CT molecular complexity index is 565.